The lowest BCUT2D eigenvalue weighted by Gasteiger charge is -2.08. The number of carbonyl (C=O) groups excluding carboxylic acids is 1. The third-order valence-electron chi connectivity index (χ3n) is 2.66. The fraction of sp³-hybridized carbons (Fsp3) is 0.273. The zero-order valence-corrected chi connectivity index (χ0v) is 10.7. The summed E-state index contributed by atoms with van der Waals surface area (Å²) in [6.45, 7) is 1.45. The van der Waals surface area contributed by atoms with Crippen LogP contribution in [0.15, 0.2) is 17.0 Å². The third kappa shape index (κ3) is 2.68. The van der Waals surface area contributed by atoms with Crippen LogP contribution in [0.5, 0.6) is 0 Å². The van der Waals surface area contributed by atoms with Crippen LogP contribution in [0.2, 0.25) is 0 Å². The van der Waals surface area contributed by atoms with E-state index in [0.717, 1.165) is 11.8 Å². The lowest BCUT2D eigenvalue weighted by atomic mass is 10.1. The van der Waals surface area contributed by atoms with Crippen molar-refractivity contribution >= 4 is 35.0 Å². The molecule has 0 aliphatic carbocycles. The summed E-state index contributed by atoms with van der Waals surface area (Å²) < 4.78 is 0. The smallest absolute Gasteiger partial charge is 0.316 e. The van der Waals surface area contributed by atoms with Gasteiger partial charge in [0.2, 0.25) is 5.91 Å². The van der Waals surface area contributed by atoms with Crippen LogP contribution in [-0.4, -0.2) is 27.2 Å². The summed E-state index contributed by atoms with van der Waals surface area (Å²) in [5.74, 6) is -1.28. The first kappa shape index (κ1) is 13.3. The maximum Gasteiger partial charge on any atom is 0.316 e. The summed E-state index contributed by atoms with van der Waals surface area (Å²) in [5.41, 5.74) is 0.896. The number of thioether (sulfide) groups is 1. The van der Waals surface area contributed by atoms with E-state index >= 15 is 0 Å². The van der Waals surface area contributed by atoms with Gasteiger partial charge in [-0.15, -0.1) is 11.8 Å². The number of carboxylic acids is 1. The van der Waals surface area contributed by atoms with Crippen molar-refractivity contribution in [2.24, 2.45) is 0 Å². The van der Waals surface area contributed by atoms with Gasteiger partial charge >= 0.3 is 5.97 Å². The van der Waals surface area contributed by atoms with Gasteiger partial charge in [-0.25, -0.2) is 0 Å². The molecule has 8 heteroatoms. The molecule has 0 radical (unpaired) electrons. The van der Waals surface area contributed by atoms with Crippen molar-refractivity contribution in [2.45, 2.75) is 23.5 Å². The van der Waals surface area contributed by atoms with Crippen molar-refractivity contribution in [2.75, 3.05) is 5.32 Å². The first-order chi connectivity index (χ1) is 8.88. The number of rotatable bonds is 4. The van der Waals surface area contributed by atoms with Gasteiger partial charge < -0.3 is 10.4 Å². The number of hydrogen-bond acceptors (Lipinski definition) is 5. The van der Waals surface area contributed by atoms with Crippen molar-refractivity contribution in [3.63, 3.8) is 0 Å². The number of amides is 1. The second-order valence-electron chi connectivity index (χ2n) is 4.06. The molecule has 19 heavy (non-hydrogen) atoms. The van der Waals surface area contributed by atoms with E-state index in [1.54, 1.807) is 0 Å². The molecule has 0 fully saturated rings. The van der Waals surface area contributed by atoms with E-state index in [1.165, 1.54) is 19.1 Å². The SMILES string of the molecule is CC(Sc1cc2c(cc1[N+](=O)[O-])CC(=O)N2)C(=O)O. The minimum atomic E-state index is -1.05. The molecule has 1 heterocycles. The number of nitro benzene ring substituents is 1. The van der Waals surface area contributed by atoms with E-state index in [0.29, 0.717) is 11.3 Å². The molecule has 7 nitrogen and oxygen atoms in total. The Morgan fingerprint density at radius 1 is 1.58 bits per heavy atom. The molecule has 1 amide bonds. The van der Waals surface area contributed by atoms with Crippen molar-refractivity contribution in [3.05, 3.63) is 27.8 Å². The maximum absolute atomic E-state index is 11.2. The van der Waals surface area contributed by atoms with Crippen LogP contribution in [0.3, 0.4) is 0 Å². The van der Waals surface area contributed by atoms with E-state index in [1.807, 2.05) is 0 Å². The molecule has 0 saturated carbocycles. The largest absolute Gasteiger partial charge is 0.480 e. The maximum atomic E-state index is 11.2. The summed E-state index contributed by atoms with van der Waals surface area (Å²) >= 11 is 0.881. The number of anilines is 1. The zero-order valence-electron chi connectivity index (χ0n) is 9.87. The van der Waals surface area contributed by atoms with Gasteiger partial charge in [-0.1, -0.05) is 0 Å². The Morgan fingerprint density at radius 3 is 2.84 bits per heavy atom. The van der Waals surface area contributed by atoms with Gasteiger partial charge in [-0.3, -0.25) is 19.7 Å². The standard InChI is InChI=1S/C11H10N2O5S/c1-5(11(15)16)19-9-4-7-6(3-10(14)12-7)2-8(9)13(17)18/h2,4-5H,3H2,1H3,(H,12,14)(H,15,16). The van der Waals surface area contributed by atoms with Gasteiger partial charge in [0.15, 0.2) is 0 Å². The summed E-state index contributed by atoms with van der Waals surface area (Å²) in [7, 11) is 0. The number of aliphatic carboxylic acids is 1. The van der Waals surface area contributed by atoms with Crippen LogP contribution in [-0.2, 0) is 16.0 Å². The first-order valence-electron chi connectivity index (χ1n) is 5.39. The highest BCUT2D eigenvalue weighted by Crippen LogP contribution is 2.38. The number of nitro groups is 1. The Morgan fingerprint density at radius 2 is 2.26 bits per heavy atom. The minimum Gasteiger partial charge on any atom is -0.480 e. The lowest BCUT2D eigenvalue weighted by molar-refractivity contribution is -0.387. The van der Waals surface area contributed by atoms with Crippen LogP contribution in [0.25, 0.3) is 0 Å². The molecule has 2 N–H and O–H groups in total. The Balaban J connectivity index is 2.42. The molecule has 0 bridgehead atoms. The average molecular weight is 282 g/mol. The Labute approximate surface area is 112 Å². The second kappa shape index (κ2) is 4.88. The Kier molecular flexibility index (Phi) is 3.43. The van der Waals surface area contributed by atoms with Crippen molar-refractivity contribution in [3.8, 4) is 0 Å². The molecular weight excluding hydrogens is 272 g/mol. The molecule has 100 valence electrons. The van der Waals surface area contributed by atoms with Gasteiger partial charge in [0, 0.05) is 11.8 Å². The summed E-state index contributed by atoms with van der Waals surface area (Å²) in [4.78, 5) is 32.7. The Bertz CT molecular complexity index is 587. The molecule has 1 aliphatic rings. The molecule has 0 spiro atoms. The molecule has 1 aromatic rings. The van der Waals surface area contributed by atoms with Crippen LogP contribution in [0, 0.1) is 10.1 Å². The van der Waals surface area contributed by atoms with Crippen LogP contribution >= 0.6 is 11.8 Å². The first-order valence-corrected chi connectivity index (χ1v) is 6.27. The Hall–Kier alpha value is -2.09. The van der Waals surface area contributed by atoms with E-state index < -0.39 is 16.1 Å². The highest BCUT2D eigenvalue weighted by molar-refractivity contribution is 8.00. The highest BCUT2D eigenvalue weighted by atomic mass is 32.2. The number of nitrogens with one attached hydrogen (secondary N) is 1. The predicted octanol–water partition coefficient (Wildman–Crippen LogP) is 1.65. The zero-order chi connectivity index (χ0) is 14.2. The van der Waals surface area contributed by atoms with Crippen LogP contribution in [0.4, 0.5) is 11.4 Å². The minimum absolute atomic E-state index is 0.107. The number of hydrogen-bond donors (Lipinski definition) is 2. The van der Waals surface area contributed by atoms with E-state index in [-0.39, 0.29) is 22.9 Å². The molecule has 1 aromatic carbocycles. The number of carboxylic acid groups (broad SMARTS) is 1. The van der Waals surface area contributed by atoms with Gasteiger partial charge in [0.05, 0.1) is 16.2 Å². The van der Waals surface area contributed by atoms with Gasteiger partial charge in [-0.2, -0.15) is 0 Å². The molecule has 0 aromatic heterocycles. The average Bonchev–Trinajstić information content (AvgIpc) is 2.66. The van der Waals surface area contributed by atoms with E-state index in [9.17, 15) is 19.7 Å². The number of benzene rings is 1. The fourth-order valence-corrected chi connectivity index (χ4v) is 2.64. The summed E-state index contributed by atoms with van der Waals surface area (Å²) in [5, 5.41) is 21.6. The lowest BCUT2D eigenvalue weighted by Crippen LogP contribution is -2.11. The molecule has 1 atom stereocenters. The van der Waals surface area contributed by atoms with Crippen molar-refractivity contribution in [1.82, 2.24) is 0 Å². The second-order valence-corrected chi connectivity index (χ2v) is 5.44. The summed E-state index contributed by atoms with van der Waals surface area (Å²) in [6.07, 6.45) is 0.107. The number of carbonyl (C=O) groups is 2. The van der Waals surface area contributed by atoms with Gasteiger partial charge in [0.1, 0.15) is 5.25 Å². The van der Waals surface area contributed by atoms with Crippen LogP contribution in [0.1, 0.15) is 12.5 Å². The van der Waals surface area contributed by atoms with Gasteiger partial charge in [0.25, 0.3) is 5.69 Å². The topological polar surface area (TPSA) is 110 Å². The quantitative estimate of drug-likeness (QED) is 0.493. The van der Waals surface area contributed by atoms with Crippen molar-refractivity contribution < 1.29 is 19.6 Å². The number of fused-ring (bicyclic) bond motifs is 1. The van der Waals surface area contributed by atoms with Crippen molar-refractivity contribution in [1.29, 1.82) is 0 Å². The van der Waals surface area contributed by atoms with E-state index in [4.69, 9.17) is 5.11 Å². The monoisotopic (exact) mass is 282 g/mol. The molecule has 0 saturated heterocycles. The van der Waals surface area contributed by atoms with Gasteiger partial charge in [-0.05, 0) is 18.6 Å². The highest BCUT2D eigenvalue weighted by Gasteiger charge is 2.26. The third-order valence-corrected chi connectivity index (χ3v) is 3.79. The number of nitrogens with zero attached hydrogens (tertiary/aromatic N) is 1. The molecular formula is C11H10N2O5S. The van der Waals surface area contributed by atoms with E-state index in [2.05, 4.69) is 5.32 Å². The fourth-order valence-electron chi connectivity index (χ4n) is 1.72. The molecule has 2 rings (SSSR count). The predicted molar refractivity (Wildman–Crippen MR) is 68.4 cm³/mol. The molecule has 1 aliphatic heterocycles. The van der Waals surface area contributed by atoms with Crippen LogP contribution < -0.4 is 5.32 Å². The molecule has 1 unspecified atom stereocenters. The summed E-state index contributed by atoms with van der Waals surface area (Å²) in [6, 6.07) is 2.78. The normalized spacial score (nSPS) is 14.7.